The van der Waals surface area contributed by atoms with Crippen molar-refractivity contribution in [2.24, 2.45) is 5.73 Å². The van der Waals surface area contributed by atoms with Crippen molar-refractivity contribution in [3.63, 3.8) is 0 Å². The van der Waals surface area contributed by atoms with Crippen molar-refractivity contribution >= 4 is 11.7 Å². The van der Waals surface area contributed by atoms with Gasteiger partial charge in [-0.05, 0) is 50.6 Å². The molecule has 2 aromatic rings. The van der Waals surface area contributed by atoms with E-state index in [2.05, 4.69) is 0 Å². The largest absolute Gasteiger partial charge is 0.366 e. The van der Waals surface area contributed by atoms with Crippen LogP contribution in [0.4, 0.5) is 0 Å². The molecule has 4 nitrogen and oxygen atoms in total. The average Bonchev–Trinajstić information content (AvgIpc) is 2.74. The lowest BCUT2D eigenvalue weighted by Crippen LogP contribution is -2.11. The number of hydrogen-bond donors (Lipinski definition) is 1. The molecule has 0 spiro atoms. The summed E-state index contributed by atoms with van der Waals surface area (Å²) in [6, 6.07) is 9.01. The number of primary amides is 1. The van der Waals surface area contributed by atoms with Gasteiger partial charge >= 0.3 is 0 Å². The van der Waals surface area contributed by atoms with Gasteiger partial charge in [-0.1, -0.05) is 6.92 Å². The molecular weight excluding hydrogens is 264 g/mol. The Kier molecular flexibility index (Phi) is 4.26. The standard InChI is InChI=1S/C17H20N2O2/c1-4-5-16(20)15-10-11(2)19(12(15)3)14-8-6-13(7-9-14)17(18)21/h6-10H,4-5H2,1-3H3,(H2,18,21). The molecule has 2 N–H and O–H groups in total. The van der Waals surface area contributed by atoms with Gasteiger partial charge in [0.15, 0.2) is 5.78 Å². The molecule has 21 heavy (non-hydrogen) atoms. The van der Waals surface area contributed by atoms with Gasteiger partial charge in [-0.2, -0.15) is 0 Å². The van der Waals surface area contributed by atoms with Crippen molar-refractivity contribution in [1.29, 1.82) is 0 Å². The van der Waals surface area contributed by atoms with E-state index >= 15 is 0 Å². The van der Waals surface area contributed by atoms with Crippen LogP contribution in [-0.4, -0.2) is 16.3 Å². The van der Waals surface area contributed by atoms with Gasteiger partial charge in [0.05, 0.1) is 0 Å². The van der Waals surface area contributed by atoms with Crippen LogP contribution in [0, 0.1) is 13.8 Å². The number of nitrogens with two attached hydrogens (primary N) is 1. The topological polar surface area (TPSA) is 65.1 Å². The molecule has 1 aromatic heterocycles. The minimum absolute atomic E-state index is 0.172. The maximum absolute atomic E-state index is 12.1. The normalized spacial score (nSPS) is 10.6. The first-order valence-corrected chi connectivity index (χ1v) is 7.08. The Balaban J connectivity index is 2.44. The van der Waals surface area contributed by atoms with E-state index in [4.69, 9.17) is 5.73 Å². The number of amides is 1. The average molecular weight is 284 g/mol. The molecule has 0 aliphatic carbocycles. The molecule has 0 aliphatic rings. The number of hydrogen-bond acceptors (Lipinski definition) is 2. The van der Waals surface area contributed by atoms with E-state index in [0.717, 1.165) is 29.1 Å². The van der Waals surface area contributed by atoms with Gasteiger partial charge in [0, 0.05) is 34.6 Å². The molecule has 0 saturated heterocycles. The number of aryl methyl sites for hydroxylation is 1. The van der Waals surface area contributed by atoms with Crippen molar-refractivity contribution in [1.82, 2.24) is 4.57 Å². The third kappa shape index (κ3) is 2.89. The highest BCUT2D eigenvalue weighted by molar-refractivity contribution is 5.97. The zero-order valence-corrected chi connectivity index (χ0v) is 12.6. The van der Waals surface area contributed by atoms with Gasteiger partial charge < -0.3 is 10.3 Å². The highest BCUT2D eigenvalue weighted by Crippen LogP contribution is 2.22. The Morgan fingerprint density at radius 3 is 2.29 bits per heavy atom. The molecule has 4 heteroatoms. The molecule has 1 heterocycles. The maximum atomic E-state index is 12.1. The summed E-state index contributed by atoms with van der Waals surface area (Å²) in [5.74, 6) is -0.271. The molecule has 0 aliphatic heterocycles. The summed E-state index contributed by atoms with van der Waals surface area (Å²) in [5, 5.41) is 0. The molecule has 0 fully saturated rings. The SMILES string of the molecule is CCCC(=O)c1cc(C)n(-c2ccc(C(N)=O)cc2)c1C. The van der Waals surface area contributed by atoms with Gasteiger partial charge in [0.1, 0.15) is 0 Å². The van der Waals surface area contributed by atoms with Crippen LogP contribution in [0.25, 0.3) is 5.69 Å². The lowest BCUT2D eigenvalue weighted by Gasteiger charge is -2.10. The van der Waals surface area contributed by atoms with Gasteiger partial charge in [0.25, 0.3) is 0 Å². The Morgan fingerprint density at radius 1 is 1.14 bits per heavy atom. The number of benzene rings is 1. The maximum Gasteiger partial charge on any atom is 0.248 e. The number of ketones is 1. The van der Waals surface area contributed by atoms with Gasteiger partial charge in [-0.15, -0.1) is 0 Å². The van der Waals surface area contributed by atoms with Crippen molar-refractivity contribution in [3.8, 4) is 5.69 Å². The molecule has 0 unspecified atom stereocenters. The second-order valence-electron chi connectivity index (χ2n) is 5.20. The van der Waals surface area contributed by atoms with E-state index in [0.29, 0.717) is 12.0 Å². The quantitative estimate of drug-likeness (QED) is 0.857. The van der Waals surface area contributed by atoms with Gasteiger partial charge in [0.2, 0.25) is 5.91 Å². The first-order chi connectivity index (χ1) is 9.95. The van der Waals surface area contributed by atoms with Crippen molar-refractivity contribution < 1.29 is 9.59 Å². The highest BCUT2D eigenvalue weighted by Gasteiger charge is 2.16. The lowest BCUT2D eigenvalue weighted by atomic mass is 10.1. The van der Waals surface area contributed by atoms with Gasteiger partial charge in [-0.3, -0.25) is 9.59 Å². The Labute approximate surface area is 124 Å². The highest BCUT2D eigenvalue weighted by atomic mass is 16.1. The van der Waals surface area contributed by atoms with Crippen molar-refractivity contribution in [3.05, 3.63) is 52.8 Å². The summed E-state index contributed by atoms with van der Waals surface area (Å²) in [7, 11) is 0. The van der Waals surface area contributed by atoms with Crippen LogP contribution in [0.3, 0.4) is 0 Å². The van der Waals surface area contributed by atoms with E-state index in [1.54, 1.807) is 12.1 Å². The van der Waals surface area contributed by atoms with E-state index in [1.807, 2.05) is 43.5 Å². The molecular formula is C17H20N2O2. The number of carbonyl (C=O) groups excluding carboxylic acids is 2. The molecule has 2 rings (SSSR count). The van der Waals surface area contributed by atoms with Crippen LogP contribution in [0.15, 0.2) is 30.3 Å². The first kappa shape index (κ1) is 15.0. The van der Waals surface area contributed by atoms with E-state index in [1.165, 1.54) is 0 Å². The van der Waals surface area contributed by atoms with Gasteiger partial charge in [-0.25, -0.2) is 0 Å². The predicted octanol–water partition coefficient (Wildman–Crippen LogP) is 3.18. The van der Waals surface area contributed by atoms with E-state index in [9.17, 15) is 9.59 Å². The zero-order chi connectivity index (χ0) is 15.6. The number of rotatable bonds is 5. The second-order valence-corrected chi connectivity index (χ2v) is 5.20. The fraction of sp³-hybridized carbons (Fsp3) is 0.294. The van der Waals surface area contributed by atoms with Crippen LogP contribution in [-0.2, 0) is 0 Å². The zero-order valence-electron chi connectivity index (χ0n) is 12.6. The third-order valence-electron chi connectivity index (χ3n) is 3.62. The number of aromatic nitrogens is 1. The van der Waals surface area contributed by atoms with Crippen LogP contribution >= 0.6 is 0 Å². The van der Waals surface area contributed by atoms with Crippen LogP contribution < -0.4 is 5.73 Å². The smallest absolute Gasteiger partial charge is 0.248 e. The number of carbonyl (C=O) groups is 2. The predicted molar refractivity (Wildman–Crippen MR) is 83.0 cm³/mol. The summed E-state index contributed by atoms with van der Waals surface area (Å²) in [5.41, 5.74) is 9.35. The molecule has 0 saturated carbocycles. The molecule has 1 aromatic carbocycles. The second kappa shape index (κ2) is 5.95. The summed E-state index contributed by atoms with van der Waals surface area (Å²) in [6.45, 7) is 5.91. The first-order valence-electron chi connectivity index (χ1n) is 7.08. The minimum Gasteiger partial charge on any atom is -0.366 e. The van der Waals surface area contributed by atoms with Crippen LogP contribution in [0.2, 0.25) is 0 Å². The summed E-state index contributed by atoms with van der Waals surface area (Å²) in [4.78, 5) is 23.3. The summed E-state index contributed by atoms with van der Waals surface area (Å²) >= 11 is 0. The lowest BCUT2D eigenvalue weighted by molar-refractivity contribution is 0.0978. The molecule has 1 amide bonds. The molecule has 0 radical (unpaired) electrons. The van der Waals surface area contributed by atoms with Crippen molar-refractivity contribution in [2.45, 2.75) is 33.6 Å². The fourth-order valence-electron chi connectivity index (χ4n) is 2.58. The summed E-state index contributed by atoms with van der Waals surface area (Å²) in [6.07, 6.45) is 1.40. The molecule has 0 atom stereocenters. The third-order valence-corrected chi connectivity index (χ3v) is 3.62. The minimum atomic E-state index is -0.443. The van der Waals surface area contributed by atoms with Crippen molar-refractivity contribution in [2.75, 3.05) is 0 Å². The number of Topliss-reactive ketones (excluding diaryl/α,β-unsaturated/α-hetero) is 1. The molecule has 110 valence electrons. The van der Waals surface area contributed by atoms with Crippen LogP contribution in [0.5, 0.6) is 0 Å². The Morgan fingerprint density at radius 2 is 1.76 bits per heavy atom. The Bertz CT molecular complexity index is 682. The van der Waals surface area contributed by atoms with Crippen LogP contribution in [0.1, 0.15) is 51.9 Å². The monoisotopic (exact) mass is 284 g/mol. The molecule has 0 bridgehead atoms. The summed E-state index contributed by atoms with van der Waals surface area (Å²) < 4.78 is 2.02. The number of nitrogens with zero attached hydrogens (tertiary/aromatic N) is 1. The Hall–Kier alpha value is -2.36. The van der Waals surface area contributed by atoms with E-state index < -0.39 is 5.91 Å². The van der Waals surface area contributed by atoms with E-state index in [-0.39, 0.29) is 5.78 Å². The fourth-order valence-corrected chi connectivity index (χ4v) is 2.58.